The summed E-state index contributed by atoms with van der Waals surface area (Å²) in [5.41, 5.74) is 0. The summed E-state index contributed by atoms with van der Waals surface area (Å²) >= 11 is 0. The van der Waals surface area contributed by atoms with Gasteiger partial charge in [0.25, 0.3) is 0 Å². The number of aromatic nitrogens is 3. The third-order valence-corrected chi connectivity index (χ3v) is 4.52. The second-order valence-corrected chi connectivity index (χ2v) is 5.69. The van der Waals surface area contributed by atoms with Crippen molar-refractivity contribution in [1.29, 1.82) is 0 Å². The number of hydrogen-bond acceptors (Lipinski definition) is 3. The zero-order valence-electron chi connectivity index (χ0n) is 10.5. The van der Waals surface area contributed by atoms with E-state index in [1.807, 2.05) is 0 Å². The van der Waals surface area contributed by atoms with E-state index >= 15 is 0 Å². The third-order valence-electron chi connectivity index (χ3n) is 4.52. The zero-order chi connectivity index (χ0) is 11.8. The van der Waals surface area contributed by atoms with Gasteiger partial charge >= 0.3 is 0 Å². The zero-order valence-corrected chi connectivity index (χ0v) is 10.5. The Balaban J connectivity index is 1.89. The number of aryl methyl sites for hydroxylation is 1. The molecule has 1 N–H and O–H groups in total. The van der Waals surface area contributed by atoms with E-state index < -0.39 is 0 Å². The van der Waals surface area contributed by atoms with Crippen LogP contribution in [0.25, 0.3) is 0 Å². The molecule has 0 aromatic carbocycles. The van der Waals surface area contributed by atoms with Crippen LogP contribution in [0.3, 0.4) is 0 Å². The van der Waals surface area contributed by atoms with Gasteiger partial charge in [-0.1, -0.05) is 13.3 Å². The molecule has 0 spiro atoms. The maximum Gasteiger partial charge on any atom is 0.136 e. The van der Waals surface area contributed by atoms with Crippen LogP contribution >= 0.6 is 0 Å². The van der Waals surface area contributed by atoms with Crippen LogP contribution in [0.4, 0.5) is 0 Å². The minimum Gasteiger partial charge on any atom is -0.396 e. The number of hydrogen-bond donors (Lipinski definition) is 1. The Bertz CT molecular complexity index is 401. The molecule has 4 nitrogen and oxygen atoms in total. The van der Waals surface area contributed by atoms with Gasteiger partial charge in [-0.2, -0.15) is 0 Å². The maximum atomic E-state index is 9.31. The summed E-state index contributed by atoms with van der Waals surface area (Å²) in [6.45, 7) is 3.53. The molecule has 94 valence electrons. The fourth-order valence-corrected chi connectivity index (χ4v) is 3.37. The molecule has 1 aliphatic heterocycles. The predicted octanol–water partition coefficient (Wildman–Crippen LogP) is 1.74. The maximum absolute atomic E-state index is 9.31. The van der Waals surface area contributed by atoms with E-state index in [1.165, 1.54) is 25.1 Å². The summed E-state index contributed by atoms with van der Waals surface area (Å²) in [4.78, 5) is 0. The van der Waals surface area contributed by atoms with E-state index in [0.717, 1.165) is 31.1 Å². The molecule has 3 rings (SSSR count). The molecular formula is C13H21N3O. The first-order chi connectivity index (χ1) is 8.29. The quantitative estimate of drug-likeness (QED) is 0.849. The van der Waals surface area contributed by atoms with Crippen molar-refractivity contribution in [3.8, 4) is 0 Å². The monoisotopic (exact) mass is 235 g/mol. The fourth-order valence-electron chi connectivity index (χ4n) is 3.37. The Labute approximate surface area is 102 Å². The topological polar surface area (TPSA) is 50.9 Å². The van der Waals surface area contributed by atoms with Crippen LogP contribution in [0.2, 0.25) is 0 Å². The normalized spacial score (nSPS) is 32.7. The van der Waals surface area contributed by atoms with E-state index in [1.54, 1.807) is 0 Å². The lowest BCUT2D eigenvalue weighted by atomic mass is 9.95. The molecule has 2 heterocycles. The van der Waals surface area contributed by atoms with Gasteiger partial charge in [-0.05, 0) is 25.2 Å². The molecule has 0 bridgehead atoms. The van der Waals surface area contributed by atoms with Gasteiger partial charge in [0, 0.05) is 31.4 Å². The molecule has 0 radical (unpaired) electrons. The van der Waals surface area contributed by atoms with E-state index in [4.69, 9.17) is 0 Å². The molecule has 4 heteroatoms. The van der Waals surface area contributed by atoms with Gasteiger partial charge in [-0.15, -0.1) is 10.2 Å². The molecule has 1 saturated carbocycles. The molecule has 17 heavy (non-hydrogen) atoms. The minimum atomic E-state index is 0.289. The first-order valence-electron chi connectivity index (χ1n) is 6.82. The molecule has 3 atom stereocenters. The van der Waals surface area contributed by atoms with Crippen molar-refractivity contribution in [3.63, 3.8) is 0 Å². The van der Waals surface area contributed by atoms with Gasteiger partial charge in [0.15, 0.2) is 0 Å². The molecule has 2 aliphatic rings. The standard InChI is InChI=1S/C13H21N3O/c1-9-3-2-4-11(9)13-15-14-12-6-5-10(8-17)7-16(12)13/h9-11,17H,2-8H2,1H3. The Kier molecular flexibility index (Phi) is 2.90. The molecule has 0 amide bonds. The first kappa shape index (κ1) is 11.2. The van der Waals surface area contributed by atoms with Crippen LogP contribution in [0.15, 0.2) is 0 Å². The Morgan fingerprint density at radius 3 is 2.88 bits per heavy atom. The van der Waals surface area contributed by atoms with E-state index in [2.05, 4.69) is 21.7 Å². The molecule has 1 aliphatic carbocycles. The largest absolute Gasteiger partial charge is 0.396 e. The van der Waals surface area contributed by atoms with Crippen LogP contribution in [-0.2, 0) is 13.0 Å². The van der Waals surface area contributed by atoms with Crippen molar-refractivity contribution in [3.05, 3.63) is 11.6 Å². The molecule has 1 fully saturated rings. The van der Waals surface area contributed by atoms with E-state index in [-0.39, 0.29) is 6.61 Å². The van der Waals surface area contributed by atoms with Crippen molar-refractivity contribution in [2.45, 2.75) is 51.5 Å². The van der Waals surface area contributed by atoms with E-state index in [9.17, 15) is 5.11 Å². The molecule has 3 unspecified atom stereocenters. The van der Waals surface area contributed by atoms with Gasteiger partial charge in [-0.3, -0.25) is 0 Å². The fraction of sp³-hybridized carbons (Fsp3) is 0.846. The summed E-state index contributed by atoms with van der Waals surface area (Å²) in [6, 6.07) is 0. The van der Waals surface area contributed by atoms with Gasteiger partial charge in [0.2, 0.25) is 0 Å². The van der Waals surface area contributed by atoms with Gasteiger partial charge < -0.3 is 9.67 Å². The highest BCUT2D eigenvalue weighted by Crippen LogP contribution is 2.39. The lowest BCUT2D eigenvalue weighted by molar-refractivity contribution is 0.188. The molecular weight excluding hydrogens is 214 g/mol. The molecule has 0 saturated heterocycles. The number of fused-ring (bicyclic) bond motifs is 1. The first-order valence-corrected chi connectivity index (χ1v) is 6.82. The Morgan fingerprint density at radius 2 is 2.18 bits per heavy atom. The highest BCUT2D eigenvalue weighted by molar-refractivity contribution is 5.08. The van der Waals surface area contributed by atoms with E-state index in [0.29, 0.717) is 11.8 Å². The average molecular weight is 235 g/mol. The average Bonchev–Trinajstić information content (AvgIpc) is 2.94. The molecule has 1 aromatic heterocycles. The van der Waals surface area contributed by atoms with Crippen LogP contribution in [0.5, 0.6) is 0 Å². The second kappa shape index (κ2) is 4.41. The second-order valence-electron chi connectivity index (χ2n) is 5.69. The summed E-state index contributed by atoms with van der Waals surface area (Å²) in [7, 11) is 0. The van der Waals surface area contributed by atoms with Crippen molar-refractivity contribution in [1.82, 2.24) is 14.8 Å². The lowest BCUT2D eigenvalue weighted by Crippen LogP contribution is -2.25. The van der Waals surface area contributed by atoms with Crippen molar-refractivity contribution < 1.29 is 5.11 Å². The van der Waals surface area contributed by atoms with Crippen molar-refractivity contribution >= 4 is 0 Å². The SMILES string of the molecule is CC1CCCC1c1nnc2n1CC(CO)CC2. The Morgan fingerprint density at radius 1 is 1.29 bits per heavy atom. The van der Waals surface area contributed by atoms with Gasteiger partial charge in [0.1, 0.15) is 11.6 Å². The summed E-state index contributed by atoms with van der Waals surface area (Å²) in [6.07, 6.45) is 5.91. The van der Waals surface area contributed by atoms with Crippen LogP contribution in [0.1, 0.15) is 50.2 Å². The lowest BCUT2D eigenvalue weighted by Gasteiger charge is -2.24. The number of nitrogens with zero attached hydrogens (tertiary/aromatic N) is 3. The highest BCUT2D eigenvalue weighted by atomic mass is 16.3. The highest BCUT2D eigenvalue weighted by Gasteiger charge is 2.32. The van der Waals surface area contributed by atoms with Crippen molar-refractivity contribution in [2.24, 2.45) is 11.8 Å². The number of aliphatic hydroxyl groups is 1. The summed E-state index contributed by atoms with van der Waals surface area (Å²) < 4.78 is 2.29. The number of rotatable bonds is 2. The van der Waals surface area contributed by atoms with Crippen LogP contribution < -0.4 is 0 Å². The smallest absolute Gasteiger partial charge is 0.136 e. The summed E-state index contributed by atoms with van der Waals surface area (Å²) in [5, 5.41) is 18.1. The number of aliphatic hydroxyl groups excluding tert-OH is 1. The minimum absolute atomic E-state index is 0.289. The van der Waals surface area contributed by atoms with Gasteiger partial charge in [0.05, 0.1) is 0 Å². The Hall–Kier alpha value is -0.900. The van der Waals surface area contributed by atoms with Crippen molar-refractivity contribution in [2.75, 3.05) is 6.61 Å². The predicted molar refractivity (Wildman–Crippen MR) is 64.7 cm³/mol. The summed E-state index contributed by atoms with van der Waals surface area (Å²) in [5.74, 6) is 4.03. The molecule has 1 aromatic rings. The van der Waals surface area contributed by atoms with Crippen LogP contribution in [-0.4, -0.2) is 26.5 Å². The third kappa shape index (κ3) is 1.88. The van der Waals surface area contributed by atoms with Gasteiger partial charge in [-0.25, -0.2) is 0 Å². The van der Waals surface area contributed by atoms with Crippen LogP contribution in [0, 0.1) is 11.8 Å².